The minimum atomic E-state index is -0.0681. The van der Waals surface area contributed by atoms with Crippen molar-refractivity contribution in [3.05, 3.63) is 64.2 Å². The molecule has 7 heteroatoms. The Morgan fingerprint density at radius 3 is 2.41 bits per heavy atom. The fourth-order valence-electron chi connectivity index (χ4n) is 4.98. The predicted molar refractivity (Wildman–Crippen MR) is 131 cm³/mol. The second-order valence-corrected chi connectivity index (χ2v) is 9.34. The fraction of sp³-hybridized carbons (Fsp3) is 0.444. The number of fused-ring (bicyclic) bond motifs is 1. The molecule has 3 aromatic rings. The van der Waals surface area contributed by atoms with Crippen LogP contribution in [0.3, 0.4) is 0 Å². The lowest BCUT2D eigenvalue weighted by atomic mass is 9.97. The van der Waals surface area contributed by atoms with E-state index in [1.165, 1.54) is 0 Å². The predicted octanol–water partition coefficient (Wildman–Crippen LogP) is 3.80. The topological polar surface area (TPSA) is 73.7 Å². The Morgan fingerprint density at radius 2 is 1.71 bits per heavy atom. The summed E-state index contributed by atoms with van der Waals surface area (Å²) < 4.78 is 13.2. The number of likely N-dealkylation sites (tertiary alicyclic amines) is 1. The number of amides is 1. The van der Waals surface area contributed by atoms with Crippen LogP contribution in [0, 0.1) is 19.8 Å². The number of carbonyl (C=O) groups excluding carboxylic acids is 1. The Hall–Kier alpha value is -3.19. The first-order valence-corrected chi connectivity index (χ1v) is 12.1. The molecule has 5 rings (SSSR count). The summed E-state index contributed by atoms with van der Waals surface area (Å²) in [5.74, 6) is 1.80. The molecular weight excluding hydrogens is 430 g/mol. The van der Waals surface area contributed by atoms with Gasteiger partial charge in [0.05, 0.1) is 16.6 Å². The van der Waals surface area contributed by atoms with Crippen molar-refractivity contribution in [2.45, 2.75) is 45.6 Å². The highest BCUT2D eigenvalue weighted by atomic mass is 16.5. The van der Waals surface area contributed by atoms with E-state index < -0.39 is 0 Å². The molecule has 1 aromatic heterocycles. The summed E-state index contributed by atoms with van der Waals surface area (Å²) in [4.78, 5) is 32.5. The first kappa shape index (κ1) is 22.6. The number of benzene rings is 2. The molecule has 2 aliphatic rings. The molecule has 0 radical (unpaired) electrons. The maximum Gasteiger partial charge on any atom is 0.265 e. The van der Waals surface area contributed by atoms with Crippen LogP contribution < -0.4 is 10.3 Å². The van der Waals surface area contributed by atoms with E-state index in [-0.39, 0.29) is 23.5 Å². The Balaban J connectivity index is 1.24. The lowest BCUT2D eigenvalue weighted by Gasteiger charge is -2.35. The van der Waals surface area contributed by atoms with Gasteiger partial charge in [0.2, 0.25) is 5.91 Å². The highest BCUT2D eigenvalue weighted by Gasteiger charge is 2.30. The minimum Gasteiger partial charge on any atom is -0.490 e. The summed E-state index contributed by atoms with van der Waals surface area (Å²) in [6, 6.07) is 13.4. The van der Waals surface area contributed by atoms with Crippen LogP contribution in [0.2, 0.25) is 0 Å². The van der Waals surface area contributed by atoms with Crippen LogP contribution in [0.15, 0.2) is 47.3 Å². The number of hydrogen-bond acceptors (Lipinski definition) is 5. The SMILES string of the molecule is Cc1ccc2nc(C)n(-c3ccc(OC4CCN(C(=O)C5CCOCC5)CC4)cc3)c(=O)c2c1. The number of hydrogen-bond donors (Lipinski definition) is 0. The summed E-state index contributed by atoms with van der Waals surface area (Å²) in [5, 5.41) is 0.619. The molecule has 2 aromatic carbocycles. The van der Waals surface area contributed by atoms with E-state index in [0.29, 0.717) is 29.9 Å². The highest BCUT2D eigenvalue weighted by molar-refractivity contribution is 5.79. The van der Waals surface area contributed by atoms with Crippen molar-refractivity contribution < 1.29 is 14.3 Å². The monoisotopic (exact) mass is 461 g/mol. The third-order valence-corrected chi connectivity index (χ3v) is 6.91. The number of nitrogens with zero attached hydrogens (tertiary/aromatic N) is 3. The third kappa shape index (κ3) is 4.57. The molecule has 0 atom stereocenters. The zero-order valence-corrected chi connectivity index (χ0v) is 19.8. The third-order valence-electron chi connectivity index (χ3n) is 6.91. The Morgan fingerprint density at radius 1 is 1.00 bits per heavy atom. The number of carbonyl (C=O) groups is 1. The van der Waals surface area contributed by atoms with Gasteiger partial charge < -0.3 is 14.4 Å². The number of piperidine rings is 1. The molecule has 0 aliphatic carbocycles. The van der Waals surface area contributed by atoms with E-state index in [1.54, 1.807) is 4.57 Å². The quantitative estimate of drug-likeness (QED) is 0.591. The van der Waals surface area contributed by atoms with E-state index in [0.717, 1.165) is 55.8 Å². The van der Waals surface area contributed by atoms with Crippen molar-refractivity contribution >= 4 is 16.8 Å². The molecule has 0 spiro atoms. The van der Waals surface area contributed by atoms with E-state index >= 15 is 0 Å². The van der Waals surface area contributed by atoms with E-state index in [1.807, 2.05) is 61.2 Å². The summed E-state index contributed by atoms with van der Waals surface area (Å²) >= 11 is 0. The van der Waals surface area contributed by atoms with E-state index in [2.05, 4.69) is 4.98 Å². The van der Waals surface area contributed by atoms with Crippen molar-refractivity contribution in [1.29, 1.82) is 0 Å². The number of aromatic nitrogens is 2. The van der Waals surface area contributed by atoms with E-state index in [4.69, 9.17) is 9.47 Å². The highest BCUT2D eigenvalue weighted by Crippen LogP contribution is 2.24. The van der Waals surface area contributed by atoms with Crippen LogP contribution in [-0.2, 0) is 9.53 Å². The molecule has 3 heterocycles. The van der Waals surface area contributed by atoms with Gasteiger partial charge >= 0.3 is 0 Å². The van der Waals surface area contributed by atoms with Gasteiger partial charge in [-0.1, -0.05) is 11.6 Å². The summed E-state index contributed by atoms with van der Waals surface area (Å²) in [5.41, 5.74) is 2.45. The molecule has 1 amide bonds. The Bertz CT molecular complexity index is 1240. The van der Waals surface area contributed by atoms with Crippen LogP contribution in [0.5, 0.6) is 5.75 Å². The largest absolute Gasteiger partial charge is 0.490 e. The average Bonchev–Trinajstić information content (AvgIpc) is 2.86. The molecule has 0 N–H and O–H groups in total. The minimum absolute atomic E-state index is 0.0681. The van der Waals surface area contributed by atoms with Crippen LogP contribution in [0.25, 0.3) is 16.6 Å². The van der Waals surface area contributed by atoms with Gasteiger partial charge in [0, 0.05) is 45.1 Å². The fourth-order valence-corrected chi connectivity index (χ4v) is 4.98. The number of ether oxygens (including phenoxy) is 2. The van der Waals surface area contributed by atoms with Crippen molar-refractivity contribution in [2.24, 2.45) is 5.92 Å². The van der Waals surface area contributed by atoms with Gasteiger partial charge in [-0.15, -0.1) is 0 Å². The molecule has 34 heavy (non-hydrogen) atoms. The van der Waals surface area contributed by atoms with Gasteiger partial charge in [-0.05, 0) is 63.1 Å². The summed E-state index contributed by atoms with van der Waals surface area (Å²) in [6.45, 7) is 6.66. The maximum absolute atomic E-state index is 13.2. The lowest BCUT2D eigenvalue weighted by Crippen LogP contribution is -2.45. The summed E-state index contributed by atoms with van der Waals surface area (Å²) in [7, 11) is 0. The molecule has 178 valence electrons. The molecule has 2 fully saturated rings. The zero-order valence-electron chi connectivity index (χ0n) is 19.8. The number of rotatable bonds is 4. The van der Waals surface area contributed by atoms with Crippen LogP contribution in [0.1, 0.15) is 37.1 Å². The molecule has 0 bridgehead atoms. The molecule has 2 aliphatic heterocycles. The molecule has 0 saturated carbocycles. The van der Waals surface area contributed by atoms with Gasteiger partial charge in [-0.2, -0.15) is 0 Å². The van der Waals surface area contributed by atoms with Crippen LogP contribution >= 0.6 is 0 Å². The first-order valence-electron chi connectivity index (χ1n) is 12.1. The second-order valence-electron chi connectivity index (χ2n) is 9.34. The standard InChI is InChI=1S/C27H31N3O4/c1-18-3-8-25-24(17-18)27(32)30(19(2)28-25)21-4-6-22(7-5-21)34-23-9-13-29(14-10-23)26(31)20-11-15-33-16-12-20/h3-8,17,20,23H,9-16H2,1-2H3. The van der Waals surface area contributed by atoms with Crippen molar-refractivity contribution in [3.8, 4) is 11.4 Å². The molecule has 0 unspecified atom stereocenters. The van der Waals surface area contributed by atoms with Crippen LogP contribution in [-0.4, -0.2) is 52.8 Å². The average molecular weight is 462 g/mol. The Labute approximate surface area is 199 Å². The molecule has 7 nitrogen and oxygen atoms in total. The molecule has 2 saturated heterocycles. The van der Waals surface area contributed by atoms with Crippen molar-refractivity contribution in [1.82, 2.24) is 14.5 Å². The first-order chi connectivity index (χ1) is 16.5. The maximum atomic E-state index is 13.2. The second kappa shape index (κ2) is 9.58. The van der Waals surface area contributed by atoms with Gasteiger partial charge in [0.25, 0.3) is 5.56 Å². The van der Waals surface area contributed by atoms with Crippen molar-refractivity contribution in [3.63, 3.8) is 0 Å². The van der Waals surface area contributed by atoms with Gasteiger partial charge in [-0.25, -0.2) is 4.98 Å². The zero-order chi connectivity index (χ0) is 23.7. The van der Waals surface area contributed by atoms with Gasteiger partial charge in [0.15, 0.2) is 0 Å². The summed E-state index contributed by atoms with van der Waals surface area (Å²) in [6.07, 6.45) is 3.39. The van der Waals surface area contributed by atoms with Gasteiger partial charge in [0.1, 0.15) is 17.7 Å². The Kier molecular flexibility index (Phi) is 6.37. The normalized spacial score (nSPS) is 17.8. The van der Waals surface area contributed by atoms with Crippen molar-refractivity contribution in [2.75, 3.05) is 26.3 Å². The smallest absolute Gasteiger partial charge is 0.265 e. The number of aryl methyl sites for hydroxylation is 2. The van der Waals surface area contributed by atoms with Gasteiger partial charge in [-0.3, -0.25) is 14.2 Å². The molecular formula is C27H31N3O4. The van der Waals surface area contributed by atoms with Crippen LogP contribution in [0.4, 0.5) is 0 Å². The lowest BCUT2D eigenvalue weighted by molar-refractivity contribution is -0.140. The van der Waals surface area contributed by atoms with E-state index in [9.17, 15) is 9.59 Å².